The topological polar surface area (TPSA) is 20.3 Å². The van der Waals surface area contributed by atoms with Crippen LogP contribution in [-0.2, 0) is 0 Å². The number of rotatable bonds is 7. The molecule has 116 valence electrons. The first-order valence-electron chi connectivity index (χ1n) is 8.09. The lowest BCUT2D eigenvalue weighted by Gasteiger charge is -2.30. The van der Waals surface area contributed by atoms with Crippen LogP contribution in [0.1, 0.15) is 56.3 Å². The third-order valence-electron chi connectivity index (χ3n) is 4.23. The highest BCUT2D eigenvalue weighted by molar-refractivity contribution is 5.96. The molecule has 1 aromatic carbocycles. The van der Waals surface area contributed by atoms with E-state index >= 15 is 0 Å². The van der Waals surface area contributed by atoms with Crippen LogP contribution in [-0.4, -0.2) is 29.8 Å². The van der Waals surface area contributed by atoms with Crippen molar-refractivity contribution in [2.24, 2.45) is 5.92 Å². The first kappa shape index (κ1) is 16.2. The fourth-order valence-electron chi connectivity index (χ4n) is 3.19. The minimum absolute atomic E-state index is 0.113. The zero-order valence-electron chi connectivity index (χ0n) is 13.1. The molecule has 0 radical (unpaired) electrons. The average molecular weight is 291 g/mol. The molecule has 3 heteroatoms. The Morgan fingerprint density at radius 1 is 1.24 bits per heavy atom. The van der Waals surface area contributed by atoms with E-state index in [4.69, 9.17) is 0 Å². The summed E-state index contributed by atoms with van der Waals surface area (Å²) in [5.41, 5.74) is 0.618. The van der Waals surface area contributed by atoms with Crippen LogP contribution in [0.25, 0.3) is 0 Å². The summed E-state index contributed by atoms with van der Waals surface area (Å²) in [6.45, 7) is 6.33. The van der Waals surface area contributed by atoms with Crippen molar-refractivity contribution in [3.8, 4) is 0 Å². The SMILES string of the molecule is CC(C)CN(CCC(=O)c1ccc(F)cc1)C1CCCC1. The third-order valence-corrected chi connectivity index (χ3v) is 4.23. The van der Waals surface area contributed by atoms with Crippen LogP contribution in [0.15, 0.2) is 24.3 Å². The van der Waals surface area contributed by atoms with Crippen LogP contribution < -0.4 is 0 Å². The van der Waals surface area contributed by atoms with E-state index in [0.29, 0.717) is 23.9 Å². The minimum atomic E-state index is -0.293. The van der Waals surface area contributed by atoms with Crippen LogP contribution in [0.3, 0.4) is 0 Å². The average Bonchev–Trinajstić information content (AvgIpc) is 2.97. The van der Waals surface area contributed by atoms with Gasteiger partial charge in [0.15, 0.2) is 5.78 Å². The molecule has 0 N–H and O–H groups in total. The quantitative estimate of drug-likeness (QED) is 0.698. The van der Waals surface area contributed by atoms with Gasteiger partial charge in [-0.05, 0) is 43.0 Å². The summed E-state index contributed by atoms with van der Waals surface area (Å²) in [6.07, 6.45) is 5.67. The van der Waals surface area contributed by atoms with Gasteiger partial charge in [0.05, 0.1) is 0 Å². The van der Waals surface area contributed by atoms with Crippen molar-refractivity contribution in [2.75, 3.05) is 13.1 Å². The zero-order valence-corrected chi connectivity index (χ0v) is 13.1. The summed E-state index contributed by atoms with van der Waals surface area (Å²) in [4.78, 5) is 14.7. The van der Waals surface area contributed by atoms with E-state index in [0.717, 1.165) is 13.1 Å². The van der Waals surface area contributed by atoms with Crippen LogP contribution in [0.2, 0.25) is 0 Å². The molecule has 1 aliphatic carbocycles. The number of benzene rings is 1. The predicted molar refractivity (Wildman–Crippen MR) is 84.0 cm³/mol. The van der Waals surface area contributed by atoms with E-state index in [1.807, 2.05) is 0 Å². The minimum Gasteiger partial charge on any atom is -0.300 e. The molecule has 0 saturated heterocycles. The lowest BCUT2D eigenvalue weighted by Crippen LogP contribution is -2.37. The van der Waals surface area contributed by atoms with Crippen molar-refractivity contribution in [1.29, 1.82) is 0 Å². The second-order valence-electron chi connectivity index (χ2n) is 6.51. The lowest BCUT2D eigenvalue weighted by atomic mass is 10.1. The van der Waals surface area contributed by atoms with Gasteiger partial charge in [0.2, 0.25) is 0 Å². The molecule has 1 saturated carbocycles. The molecule has 0 heterocycles. The first-order valence-corrected chi connectivity index (χ1v) is 8.09. The molecule has 0 aromatic heterocycles. The Bertz CT molecular complexity index is 449. The molecule has 1 aliphatic rings. The van der Waals surface area contributed by atoms with Crippen molar-refractivity contribution >= 4 is 5.78 Å². The van der Waals surface area contributed by atoms with E-state index in [9.17, 15) is 9.18 Å². The van der Waals surface area contributed by atoms with E-state index in [-0.39, 0.29) is 11.6 Å². The molecule has 1 aromatic rings. The largest absolute Gasteiger partial charge is 0.300 e. The van der Waals surface area contributed by atoms with Gasteiger partial charge in [0.1, 0.15) is 5.82 Å². The van der Waals surface area contributed by atoms with Gasteiger partial charge in [0, 0.05) is 31.1 Å². The number of ketones is 1. The number of Topliss-reactive ketones (excluding diaryl/α,β-unsaturated/α-hetero) is 1. The Morgan fingerprint density at radius 3 is 2.43 bits per heavy atom. The van der Waals surface area contributed by atoms with Gasteiger partial charge < -0.3 is 0 Å². The smallest absolute Gasteiger partial charge is 0.164 e. The normalized spacial score (nSPS) is 16.0. The molecule has 0 bridgehead atoms. The van der Waals surface area contributed by atoms with Crippen LogP contribution in [0, 0.1) is 11.7 Å². The maximum absolute atomic E-state index is 12.9. The fourth-order valence-corrected chi connectivity index (χ4v) is 3.19. The standard InChI is InChI=1S/C18H26FNO/c1-14(2)13-20(17-5-3-4-6-17)12-11-18(21)15-7-9-16(19)10-8-15/h7-10,14,17H,3-6,11-13H2,1-2H3. The number of hydrogen-bond donors (Lipinski definition) is 0. The third kappa shape index (κ3) is 4.92. The summed E-state index contributed by atoms with van der Waals surface area (Å²) in [5.74, 6) is 0.437. The summed E-state index contributed by atoms with van der Waals surface area (Å²) < 4.78 is 12.9. The maximum Gasteiger partial charge on any atom is 0.164 e. The summed E-state index contributed by atoms with van der Waals surface area (Å²) in [6, 6.07) is 6.53. The van der Waals surface area contributed by atoms with Gasteiger partial charge in [-0.2, -0.15) is 0 Å². The van der Waals surface area contributed by atoms with Crippen molar-refractivity contribution in [1.82, 2.24) is 4.90 Å². The van der Waals surface area contributed by atoms with Crippen molar-refractivity contribution < 1.29 is 9.18 Å². The van der Waals surface area contributed by atoms with Gasteiger partial charge in [-0.25, -0.2) is 4.39 Å². The van der Waals surface area contributed by atoms with Gasteiger partial charge in [-0.15, -0.1) is 0 Å². The Labute approximate surface area is 127 Å². The molecule has 0 atom stereocenters. The van der Waals surface area contributed by atoms with Crippen molar-refractivity contribution in [3.05, 3.63) is 35.6 Å². The predicted octanol–water partition coefficient (Wildman–Crippen LogP) is 4.30. The lowest BCUT2D eigenvalue weighted by molar-refractivity contribution is 0.0942. The Hall–Kier alpha value is -1.22. The van der Waals surface area contributed by atoms with Gasteiger partial charge >= 0.3 is 0 Å². The van der Waals surface area contributed by atoms with Crippen molar-refractivity contribution in [2.45, 2.75) is 52.0 Å². The van der Waals surface area contributed by atoms with E-state index in [1.54, 1.807) is 12.1 Å². The van der Waals surface area contributed by atoms with Gasteiger partial charge in [-0.3, -0.25) is 9.69 Å². The molecule has 0 spiro atoms. The number of nitrogens with zero attached hydrogens (tertiary/aromatic N) is 1. The van der Waals surface area contributed by atoms with Crippen LogP contribution in [0.4, 0.5) is 4.39 Å². The Balaban J connectivity index is 1.90. The van der Waals surface area contributed by atoms with Gasteiger partial charge in [0.25, 0.3) is 0 Å². The van der Waals surface area contributed by atoms with Gasteiger partial charge in [-0.1, -0.05) is 26.7 Å². The summed E-state index contributed by atoms with van der Waals surface area (Å²) in [5, 5.41) is 0. The molecule has 0 unspecified atom stereocenters. The number of carbonyl (C=O) groups is 1. The van der Waals surface area contributed by atoms with E-state index in [1.165, 1.54) is 37.8 Å². The van der Waals surface area contributed by atoms with E-state index < -0.39 is 0 Å². The second-order valence-corrected chi connectivity index (χ2v) is 6.51. The fraction of sp³-hybridized carbons (Fsp3) is 0.611. The molecule has 2 nitrogen and oxygen atoms in total. The Kier molecular flexibility index (Phi) is 5.92. The second kappa shape index (κ2) is 7.69. The Morgan fingerprint density at radius 2 is 1.86 bits per heavy atom. The zero-order chi connectivity index (χ0) is 15.2. The summed E-state index contributed by atoms with van der Waals surface area (Å²) in [7, 11) is 0. The first-order chi connectivity index (χ1) is 10.1. The molecular weight excluding hydrogens is 265 g/mol. The van der Waals surface area contributed by atoms with Crippen LogP contribution >= 0.6 is 0 Å². The van der Waals surface area contributed by atoms with Crippen LogP contribution in [0.5, 0.6) is 0 Å². The van der Waals surface area contributed by atoms with Crippen molar-refractivity contribution in [3.63, 3.8) is 0 Å². The highest BCUT2D eigenvalue weighted by atomic mass is 19.1. The summed E-state index contributed by atoms with van der Waals surface area (Å²) >= 11 is 0. The number of halogens is 1. The molecule has 2 rings (SSSR count). The number of carbonyl (C=O) groups excluding carboxylic acids is 1. The molecule has 21 heavy (non-hydrogen) atoms. The monoisotopic (exact) mass is 291 g/mol. The van der Waals surface area contributed by atoms with E-state index in [2.05, 4.69) is 18.7 Å². The number of hydrogen-bond acceptors (Lipinski definition) is 2. The molecule has 0 amide bonds. The molecular formula is C18H26FNO. The maximum atomic E-state index is 12.9. The highest BCUT2D eigenvalue weighted by Crippen LogP contribution is 2.24. The molecule has 1 fully saturated rings. The molecule has 0 aliphatic heterocycles. The highest BCUT2D eigenvalue weighted by Gasteiger charge is 2.23.